The Kier molecular flexibility index (Phi) is 3.49. The molecule has 0 atom stereocenters. The Morgan fingerprint density at radius 3 is 1.89 bits per heavy atom. The zero-order valence-electron chi connectivity index (χ0n) is 13.2. The number of aryl methyl sites for hydroxylation is 4. The van der Waals surface area contributed by atoms with Crippen LogP contribution in [0.2, 0.25) is 0 Å². The van der Waals surface area contributed by atoms with Gasteiger partial charge in [0.2, 0.25) is 5.69 Å². The second-order valence-corrected chi connectivity index (χ2v) is 5.73. The van der Waals surface area contributed by atoms with Gasteiger partial charge in [0.15, 0.2) is 5.69 Å². The molecule has 100 valence electrons. The minimum atomic E-state index is 1.31. The Morgan fingerprint density at radius 2 is 1.26 bits per heavy atom. The van der Waals surface area contributed by atoms with E-state index in [1.54, 1.807) is 0 Å². The molecule has 19 heavy (non-hydrogen) atoms. The van der Waals surface area contributed by atoms with Gasteiger partial charge in [0.1, 0.15) is 7.05 Å². The fourth-order valence-corrected chi connectivity index (χ4v) is 2.62. The molecule has 0 amide bonds. The van der Waals surface area contributed by atoms with Crippen LogP contribution < -0.4 is 4.57 Å². The molecule has 0 radical (unpaired) electrons. The number of hydrogen-bond acceptors (Lipinski definition) is 0. The van der Waals surface area contributed by atoms with E-state index in [9.17, 15) is 0 Å². The SMILES string of the molecule is Cc1cc(C)c(-c2cc(C)c(C)c(C)[n+]2C)cc1C. The number of rotatable bonds is 1. The Hall–Kier alpha value is -1.63. The lowest BCUT2D eigenvalue weighted by molar-refractivity contribution is -0.667. The molecule has 0 fully saturated rings. The molecule has 0 unspecified atom stereocenters. The van der Waals surface area contributed by atoms with E-state index >= 15 is 0 Å². The van der Waals surface area contributed by atoms with Crippen LogP contribution in [0, 0.1) is 41.5 Å². The maximum atomic E-state index is 2.31. The van der Waals surface area contributed by atoms with E-state index in [-0.39, 0.29) is 0 Å². The first-order valence-electron chi connectivity index (χ1n) is 6.88. The van der Waals surface area contributed by atoms with E-state index in [0.29, 0.717) is 0 Å². The van der Waals surface area contributed by atoms with Crippen LogP contribution in [0.5, 0.6) is 0 Å². The van der Waals surface area contributed by atoms with Crippen LogP contribution in [0.4, 0.5) is 0 Å². The molecule has 0 saturated carbocycles. The number of nitrogens with zero attached hydrogens (tertiary/aromatic N) is 1. The third kappa shape index (κ3) is 2.30. The lowest BCUT2D eigenvalue weighted by Gasteiger charge is -2.12. The fraction of sp³-hybridized carbons (Fsp3) is 0.389. The van der Waals surface area contributed by atoms with Crippen molar-refractivity contribution in [1.29, 1.82) is 0 Å². The summed E-state index contributed by atoms with van der Waals surface area (Å²) in [6.07, 6.45) is 0. The van der Waals surface area contributed by atoms with Gasteiger partial charge in [0.05, 0.1) is 0 Å². The summed E-state index contributed by atoms with van der Waals surface area (Å²) >= 11 is 0. The van der Waals surface area contributed by atoms with E-state index in [1.165, 1.54) is 44.8 Å². The molecule has 1 heterocycles. The molecule has 1 aromatic heterocycles. The standard InChI is InChI=1S/C18H24N/c1-11-8-14(4)17(9-12(11)2)18-10-13(3)15(5)16(6)19(18)7/h8-10H,1-7H3/q+1. The van der Waals surface area contributed by atoms with Gasteiger partial charge in [-0.3, -0.25) is 0 Å². The molecular weight excluding hydrogens is 230 g/mol. The average Bonchev–Trinajstić information content (AvgIpc) is 2.36. The van der Waals surface area contributed by atoms with Crippen molar-refractivity contribution in [2.24, 2.45) is 7.05 Å². The van der Waals surface area contributed by atoms with E-state index in [2.05, 4.69) is 71.4 Å². The van der Waals surface area contributed by atoms with Gasteiger partial charge in [-0.2, -0.15) is 4.57 Å². The lowest BCUT2D eigenvalue weighted by Crippen LogP contribution is -2.36. The second kappa shape index (κ2) is 4.80. The van der Waals surface area contributed by atoms with E-state index in [4.69, 9.17) is 0 Å². The van der Waals surface area contributed by atoms with E-state index < -0.39 is 0 Å². The Balaban J connectivity index is 2.76. The molecule has 0 aliphatic rings. The highest BCUT2D eigenvalue weighted by Gasteiger charge is 2.18. The summed E-state index contributed by atoms with van der Waals surface area (Å²) in [5.41, 5.74) is 10.8. The Bertz CT molecular complexity index is 651. The number of benzene rings is 1. The van der Waals surface area contributed by atoms with Crippen LogP contribution in [0.25, 0.3) is 11.3 Å². The summed E-state index contributed by atoms with van der Waals surface area (Å²) in [6.45, 7) is 13.2. The van der Waals surface area contributed by atoms with Gasteiger partial charge in [-0.1, -0.05) is 6.07 Å². The molecule has 0 N–H and O–H groups in total. The van der Waals surface area contributed by atoms with Gasteiger partial charge in [-0.25, -0.2) is 0 Å². The highest BCUT2D eigenvalue weighted by Crippen LogP contribution is 2.26. The molecule has 0 aliphatic heterocycles. The normalized spacial score (nSPS) is 10.9. The summed E-state index contributed by atoms with van der Waals surface area (Å²) in [6, 6.07) is 6.91. The van der Waals surface area contributed by atoms with Crippen molar-refractivity contribution >= 4 is 0 Å². The predicted molar refractivity (Wildman–Crippen MR) is 81.5 cm³/mol. The summed E-state index contributed by atoms with van der Waals surface area (Å²) in [7, 11) is 2.16. The van der Waals surface area contributed by atoms with Crippen molar-refractivity contribution in [3.63, 3.8) is 0 Å². The van der Waals surface area contributed by atoms with E-state index in [0.717, 1.165) is 0 Å². The highest BCUT2D eigenvalue weighted by molar-refractivity contribution is 5.64. The zero-order valence-corrected chi connectivity index (χ0v) is 13.2. The first-order valence-corrected chi connectivity index (χ1v) is 6.88. The third-order valence-corrected chi connectivity index (χ3v) is 4.47. The topological polar surface area (TPSA) is 3.88 Å². The second-order valence-electron chi connectivity index (χ2n) is 5.73. The third-order valence-electron chi connectivity index (χ3n) is 4.47. The molecule has 0 saturated heterocycles. The highest BCUT2D eigenvalue weighted by atomic mass is 14.9. The minimum absolute atomic E-state index is 1.31. The quantitative estimate of drug-likeness (QED) is 0.677. The largest absolute Gasteiger partial charge is 0.213 e. The molecule has 2 rings (SSSR count). The molecule has 1 heteroatoms. The average molecular weight is 254 g/mol. The lowest BCUT2D eigenvalue weighted by atomic mass is 9.96. The van der Waals surface area contributed by atoms with Gasteiger partial charge >= 0.3 is 0 Å². The Morgan fingerprint density at radius 1 is 0.684 bits per heavy atom. The monoisotopic (exact) mass is 254 g/mol. The molecule has 2 aromatic rings. The maximum Gasteiger partial charge on any atom is 0.213 e. The van der Waals surface area contributed by atoms with Crippen molar-refractivity contribution in [2.45, 2.75) is 41.5 Å². The van der Waals surface area contributed by atoms with Crippen LogP contribution in [-0.4, -0.2) is 0 Å². The van der Waals surface area contributed by atoms with Gasteiger partial charge in [0, 0.05) is 24.1 Å². The predicted octanol–water partition coefficient (Wildman–Crippen LogP) is 4.03. The number of pyridine rings is 1. The summed E-state index contributed by atoms with van der Waals surface area (Å²) in [5.74, 6) is 0. The number of aromatic nitrogens is 1. The van der Waals surface area contributed by atoms with Crippen LogP contribution >= 0.6 is 0 Å². The smallest absolute Gasteiger partial charge is 0.198 e. The van der Waals surface area contributed by atoms with Crippen LogP contribution in [0.15, 0.2) is 18.2 Å². The molecule has 0 aliphatic carbocycles. The van der Waals surface area contributed by atoms with Crippen molar-refractivity contribution in [1.82, 2.24) is 0 Å². The van der Waals surface area contributed by atoms with Crippen LogP contribution in [0.1, 0.15) is 33.5 Å². The first-order chi connectivity index (χ1) is 8.82. The minimum Gasteiger partial charge on any atom is -0.198 e. The summed E-state index contributed by atoms with van der Waals surface area (Å²) in [5, 5.41) is 0. The van der Waals surface area contributed by atoms with Gasteiger partial charge < -0.3 is 0 Å². The first kappa shape index (κ1) is 13.8. The Labute approximate surface area is 116 Å². The van der Waals surface area contributed by atoms with Gasteiger partial charge in [0.25, 0.3) is 0 Å². The van der Waals surface area contributed by atoms with Crippen molar-refractivity contribution < 1.29 is 4.57 Å². The zero-order chi connectivity index (χ0) is 14.3. The molecule has 0 spiro atoms. The van der Waals surface area contributed by atoms with Crippen molar-refractivity contribution in [3.05, 3.63) is 51.7 Å². The van der Waals surface area contributed by atoms with Gasteiger partial charge in [-0.05, 0) is 62.9 Å². The van der Waals surface area contributed by atoms with Crippen LogP contribution in [0.3, 0.4) is 0 Å². The molecule has 1 nitrogen and oxygen atoms in total. The maximum absolute atomic E-state index is 2.31. The van der Waals surface area contributed by atoms with Crippen molar-refractivity contribution in [3.8, 4) is 11.3 Å². The summed E-state index contributed by atoms with van der Waals surface area (Å²) in [4.78, 5) is 0. The molecule has 0 bridgehead atoms. The van der Waals surface area contributed by atoms with E-state index in [1.807, 2.05) is 0 Å². The van der Waals surface area contributed by atoms with Crippen LogP contribution in [-0.2, 0) is 7.05 Å². The number of hydrogen-bond donors (Lipinski definition) is 0. The summed E-state index contributed by atoms with van der Waals surface area (Å²) < 4.78 is 2.30. The molecule has 1 aromatic carbocycles. The van der Waals surface area contributed by atoms with Gasteiger partial charge in [-0.15, -0.1) is 0 Å². The fourth-order valence-electron chi connectivity index (χ4n) is 2.62. The molecular formula is C18H24N+. The van der Waals surface area contributed by atoms with Crippen molar-refractivity contribution in [2.75, 3.05) is 0 Å².